The number of fused-ring (bicyclic) bond motifs is 1. The highest BCUT2D eigenvalue weighted by molar-refractivity contribution is 5.75. The van der Waals surface area contributed by atoms with Crippen LogP contribution in [0.1, 0.15) is 22.4 Å². The number of pyridine rings is 1. The van der Waals surface area contributed by atoms with Gasteiger partial charge in [0, 0.05) is 17.7 Å². The van der Waals surface area contributed by atoms with Gasteiger partial charge in [-0.3, -0.25) is 14.7 Å². The highest BCUT2D eigenvalue weighted by Gasteiger charge is 2.17. The molecule has 2 N–H and O–H groups in total. The molecule has 0 aliphatic heterocycles. The SMILES string of the molecule is Cc1ccc(Cc2c(C)[nH]c3[nH]n(-c4ccccc4)c(=O)c3c2=O)cc1. The number of nitrogens with zero attached hydrogens (tertiary/aromatic N) is 1. The zero-order valence-electron chi connectivity index (χ0n) is 14.7. The van der Waals surface area contributed by atoms with Crippen LogP contribution >= 0.6 is 0 Å². The lowest BCUT2D eigenvalue weighted by molar-refractivity contribution is 0.857. The number of aryl methyl sites for hydroxylation is 2. The summed E-state index contributed by atoms with van der Waals surface area (Å²) in [7, 11) is 0. The van der Waals surface area contributed by atoms with E-state index in [0.717, 1.165) is 11.3 Å². The average Bonchev–Trinajstić information content (AvgIpc) is 2.97. The molecule has 0 atom stereocenters. The molecule has 0 bridgehead atoms. The first-order valence-electron chi connectivity index (χ1n) is 8.52. The number of benzene rings is 2. The normalized spacial score (nSPS) is 11.2. The maximum absolute atomic E-state index is 13.0. The number of rotatable bonds is 3. The van der Waals surface area contributed by atoms with Gasteiger partial charge in [-0.1, -0.05) is 48.0 Å². The molecule has 0 spiro atoms. The molecule has 4 aromatic rings. The Labute approximate surface area is 149 Å². The van der Waals surface area contributed by atoms with Gasteiger partial charge in [0.15, 0.2) is 5.43 Å². The van der Waals surface area contributed by atoms with E-state index in [2.05, 4.69) is 10.1 Å². The van der Waals surface area contributed by atoms with Crippen molar-refractivity contribution in [1.82, 2.24) is 14.8 Å². The summed E-state index contributed by atoms with van der Waals surface area (Å²) >= 11 is 0. The molecule has 4 rings (SSSR count). The van der Waals surface area contributed by atoms with Crippen molar-refractivity contribution in [1.29, 1.82) is 0 Å². The molecule has 0 unspecified atom stereocenters. The Morgan fingerprint density at radius 2 is 1.62 bits per heavy atom. The fourth-order valence-electron chi connectivity index (χ4n) is 3.20. The lowest BCUT2D eigenvalue weighted by atomic mass is 10.0. The first-order valence-corrected chi connectivity index (χ1v) is 8.52. The first kappa shape index (κ1) is 16.1. The molecular formula is C21H19N3O2. The van der Waals surface area contributed by atoms with Gasteiger partial charge in [0.1, 0.15) is 11.0 Å². The van der Waals surface area contributed by atoms with Gasteiger partial charge >= 0.3 is 0 Å². The second-order valence-corrected chi connectivity index (χ2v) is 6.56. The Hall–Kier alpha value is -3.34. The largest absolute Gasteiger partial charge is 0.343 e. The van der Waals surface area contributed by atoms with Crippen molar-refractivity contribution in [2.24, 2.45) is 0 Å². The van der Waals surface area contributed by atoms with Gasteiger partial charge in [0.05, 0.1) is 5.69 Å². The van der Waals surface area contributed by atoms with Gasteiger partial charge in [0.25, 0.3) is 5.56 Å². The predicted molar refractivity (Wildman–Crippen MR) is 103 cm³/mol. The molecule has 5 heteroatoms. The quantitative estimate of drug-likeness (QED) is 0.598. The van der Waals surface area contributed by atoms with Crippen LogP contribution in [-0.4, -0.2) is 14.8 Å². The monoisotopic (exact) mass is 345 g/mol. The van der Waals surface area contributed by atoms with E-state index in [4.69, 9.17) is 0 Å². The van der Waals surface area contributed by atoms with Crippen LogP contribution in [0.4, 0.5) is 0 Å². The molecule has 0 radical (unpaired) electrons. The maximum atomic E-state index is 13.0. The highest BCUT2D eigenvalue weighted by atomic mass is 16.1. The van der Waals surface area contributed by atoms with E-state index in [1.807, 2.05) is 68.4 Å². The zero-order valence-corrected chi connectivity index (χ0v) is 14.7. The molecule has 2 aromatic carbocycles. The predicted octanol–water partition coefficient (Wildman–Crippen LogP) is 3.21. The molecule has 0 amide bonds. The van der Waals surface area contributed by atoms with Crippen molar-refractivity contribution in [3.63, 3.8) is 0 Å². The Balaban J connectivity index is 1.88. The van der Waals surface area contributed by atoms with Gasteiger partial charge in [0.2, 0.25) is 0 Å². The van der Waals surface area contributed by atoms with Crippen molar-refractivity contribution >= 4 is 11.0 Å². The van der Waals surface area contributed by atoms with E-state index >= 15 is 0 Å². The summed E-state index contributed by atoms with van der Waals surface area (Å²) in [6.07, 6.45) is 0.493. The fraction of sp³-hybridized carbons (Fsp3) is 0.143. The van der Waals surface area contributed by atoms with E-state index in [0.29, 0.717) is 23.3 Å². The van der Waals surface area contributed by atoms with Crippen LogP contribution in [0.15, 0.2) is 64.2 Å². The molecule has 0 saturated heterocycles. The van der Waals surface area contributed by atoms with Crippen LogP contribution in [0.2, 0.25) is 0 Å². The third-order valence-corrected chi connectivity index (χ3v) is 4.67. The number of para-hydroxylation sites is 1. The van der Waals surface area contributed by atoms with E-state index in [1.54, 1.807) is 0 Å². The van der Waals surface area contributed by atoms with Crippen LogP contribution in [0.3, 0.4) is 0 Å². The first-order chi connectivity index (χ1) is 12.5. The lowest BCUT2D eigenvalue weighted by Crippen LogP contribution is -2.21. The van der Waals surface area contributed by atoms with Crippen LogP contribution in [0.25, 0.3) is 16.7 Å². The molecule has 26 heavy (non-hydrogen) atoms. The summed E-state index contributed by atoms with van der Waals surface area (Å²) in [6, 6.07) is 17.3. The molecule has 0 aliphatic carbocycles. The van der Waals surface area contributed by atoms with E-state index < -0.39 is 0 Å². The third-order valence-electron chi connectivity index (χ3n) is 4.67. The van der Waals surface area contributed by atoms with Crippen LogP contribution in [-0.2, 0) is 6.42 Å². The Bertz CT molecular complexity index is 1200. The Morgan fingerprint density at radius 1 is 0.923 bits per heavy atom. The number of nitrogens with one attached hydrogen (secondary N) is 2. The van der Waals surface area contributed by atoms with Crippen LogP contribution < -0.4 is 11.0 Å². The summed E-state index contributed by atoms with van der Waals surface area (Å²) in [4.78, 5) is 29.0. The fourth-order valence-corrected chi connectivity index (χ4v) is 3.20. The van der Waals surface area contributed by atoms with Crippen LogP contribution in [0.5, 0.6) is 0 Å². The third kappa shape index (κ3) is 2.67. The van der Waals surface area contributed by atoms with Crippen molar-refractivity contribution in [3.8, 4) is 5.69 Å². The van der Waals surface area contributed by atoms with E-state index in [-0.39, 0.29) is 16.4 Å². The molecule has 0 fully saturated rings. The summed E-state index contributed by atoms with van der Waals surface area (Å²) in [5, 5.41) is 3.18. The summed E-state index contributed by atoms with van der Waals surface area (Å²) < 4.78 is 1.40. The second-order valence-electron chi connectivity index (χ2n) is 6.56. The highest BCUT2D eigenvalue weighted by Crippen LogP contribution is 2.14. The minimum absolute atomic E-state index is 0.168. The topological polar surface area (TPSA) is 70.7 Å². The summed E-state index contributed by atoms with van der Waals surface area (Å²) in [5.74, 6) is 0. The average molecular weight is 345 g/mol. The molecule has 2 aromatic heterocycles. The minimum atomic E-state index is -0.336. The van der Waals surface area contributed by atoms with Gasteiger partial charge in [-0.25, -0.2) is 4.68 Å². The molecule has 130 valence electrons. The number of hydrogen-bond acceptors (Lipinski definition) is 2. The summed E-state index contributed by atoms with van der Waals surface area (Å²) in [6.45, 7) is 3.89. The lowest BCUT2D eigenvalue weighted by Gasteiger charge is -2.06. The van der Waals surface area contributed by atoms with Crippen molar-refractivity contribution < 1.29 is 0 Å². The molecular weight excluding hydrogens is 326 g/mol. The van der Waals surface area contributed by atoms with Crippen molar-refractivity contribution in [3.05, 3.63) is 97.6 Å². The molecule has 0 aliphatic rings. The Morgan fingerprint density at radius 3 is 2.31 bits per heavy atom. The number of hydrogen-bond donors (Lipinski definition) is 2. The van der Waals surface area contributed by atoms with Crippen molar-refractivity contribution in [2.75, 3.05) is 0 Å². The van der Waals surface area contributed by atoms with Gasteiger partial charge < -0.3 is 4.98 Å². The van der Waals surface area contributed by atoms with Gasteiger partial charge in [-0.15, -0.1) is 0 Å². The van der Waals surface area contributed by atoms with Gasteiger partial charge in [-0.05, 0) is 31.5 Å². The Kier molecular flexibility index (Phi) is 3.84. The number of aromatic amines is 2. The number of aromatic nitrogens is 3. The molecule has 5 nitrogen and oxygen atoms in total. The van der Waals surface area contributed by atoms with Gasteiger partial charge in [-0.2, -0.15) is 0 Å². The van der Waals surface area contributed by atoms with Crippen LogP contribution in [0, 0.1) is 13.8 Å². The maximum Gasteiger partial charge on any atom is 0.284 e. The molecule has 2 heterocycles. The van der Waals surface area contributed by atoms with Crippen molar-refractivity contribution in [2.45, 2.75) is 20.3 Å². The standard InChI is InChI=1S/C21H19N3O2/c1-13-8-10-15(11-9-13)12-17-14(2)22-20-18(19(17)25)21(26)24(23-20)16-6-4-3-5-7-16/h3-11H,12H2,1-2H3,(H2,22,23,25). The van der Waals surface area contributed by atoms with E-state index in [1.165, 1.54) is 10.2 Å². The summed E-state index contributed by atoms with van der Waals surface area (Å²) in [5.41, 5.74) is 4.20. The zero-order chi connectivity index (χ0) is 18.3. The smallest absolute Gasteiger partial charge is 0.284 e. The molecule has 0 saturated carbocycles. The number of H-pyrrole nitrogens is 2. The van der Waals surface area contributed by atoms with E-state index in [9.17, 15) is 9.59 Å². The second kappa shape index (κ2) is 6.19. The minimum Gasteiger partial charge on any atom is -0.343 e.